The highest BCUT2D eigenvalue weighted by Crippen LogP contribution is 2.67. The number of rotatable bonds is 17. The first-order valence-corrected chi connectivity index (χ1v) is 22.6. The van der Waals surface area contributed by atoms with Gasteiger partial charge in [-0.3, -0.25) is 19.2 Å². The van der Waals surface area contributed by atoms with Gasteiger partial charge >= 0.3 is 23.9 Å². The van der Waals surface area contributed by atoms with Crippen molar-refractivity contribution in [1.29, 1.82) is 0 Å². The molecule has 0 bridgehead atoms. The first-order valence-electron chi connectivity index (χ1n) is 22.6. The molecule has 4 fully saturated rings. The van der Waals surface area contributed by atoms with E-state index in [-0.39, 0.29) is 24.7 Å². The van der Waals surface area contributed by atoms with Crippen molar-refractivity contribution in [2.45, 2.75) is 183 Å². The number of hydrogen-bond donors (Lipinski definition) is 0. The van der Waals surface area contributed by atoms with Crippen LogP contribution >= 0.6 is 0 Å². The van der Waals surface area contributed by atoms with Crippen LogP contribution in [0.15, 0.2) is 17.8 Å². The SMILES string of the molecule is CC(=O)OC[C@H]1O[C@@H](OCc2cn(CCO[C@H]3CC[C@@]4(C)C(=CC[C@H]5[C@@H]6CC[C@H]([C@H](C)CCCC(C)C)[C@@]6(C)CC[C@@H]54)C3)nn2)[C@H](OC(C)=O)[C@@H](OC(C)=O)[C@H]1OC(C)=O. The van der Waals surface area contributed by atoms with E-state index in [0.717, 1.165) is 48.3 Å². The molecule has 2 heterocycles. The van der Waals surface area contributed by atoms with Crippen molar-refractivity contribution in [3.63, 3.8) is 0 Å². The Kier molecular flexibility index (Phi) is 15.2. The number of nitrogens with zero attached hydrogens (tertiary/aromatic N) is 3. The van der Waals surface area contributed by atoms with Crippen LogP contribution in [0.4, 0.5) is 0 Å². The summed E-state index contributed by atoms with van der Waals surface area (Å²) in [5.74, 6) is 2.19. The Morgan fingerprint density at radius 3 is 2.27 bits per heavy atom. The number of hydrogen-bond acceptors (Lipinski definition) is 13. The molecule has 6 rings (SSSR count). The van der Waals surface area contributed by atoms with Gasteiger partial charge in [0.2, 0.25) is 0 Å². The highest BCUT2D eigenvalue weighted by atomic mass is 16.7. The summed E-state index contributed by atoms with van der Waals surface area (Å²) in [5, 5.41) is 8.52. The molecule has 0 spiro atoms. The second-order valence-corrected chi connectivity index (χ2v) is 19.4. The van der Waals surface area contributed by atoms with Crippen molar-refractivity contribution < 1.29 is 52.3 Å². The van der Waals surface area contributed by atoms with E-state index in [2.05, 4.69) is 51.0 Å². The molecule has 4 aliphatic carbocycles. The average molecular weight is 842 g/mol. The molecule has 14 heteroatoms. The van der Waals surface area contributed by atoms with Crippen LogP contribution in [-0.2, 0) is 65.5 Å². The molecule has 3 saturated carbocycles. The number of fused-ring (bicyclic) bond motifs is 5. The summed E-state index contributed by atoms with van der Waals surface area (Å²) in [6.07, 6.45) is 12.3. The van der Waals surface area contributed by atoms with E-state index >= 15 is 0 Å². The Balaban J connectivity index is 1.02. The zero-order valence-electron chi connectivity index (χ0n) is 37.5. The standard InChI is InChI=1S/C46H71N3O11/c1-27(2)11-10-12-28(3)37-15-16-38-36-14-13-33-23-35(17-19-45(33,8)39(36)18-20-46(37,38)9)54-22-21-49-24-34(47-48-49)25-56-44-43(59-32(7)53)42(58-31(6)52)41(57-30(5)51)40(60-44)26-55-29(4)50/h13,24,27-28,35-44H,10-12,14-23,25-26H2,1-9H3/t28-,35+,36+,37-,38+,39+,40-,41+,42+,43-,44-,45+,46-/m1/s1. The Bertz CT molecular complexity index is 1700. The van der Waals surface area contributed by atoms with Crippen LogP contribution in [0.25, 0.3) is 0 Å². The van der Waals surface area contributed by atoms with E-state index in [4.69, 9.17) is 33.2 Å². The molecule has 1 aromatic rings. The van der Waals surface area contributed by atoms with Gasteiger partial charge in [-0.25, -0.2) is 4.68 Å². The summed E-state index contributed by atoms with van der Waals surface area (Å²) in [6.45, 7) is 17.8. The topological polar surface area (TPSA) is 164 Å². The molecule has 0 unspecified atom stereocenters. The predicted molar refractivity (Wildman–Crippen MR) is 220 cm³/mol. The van der Waals surface area contributed by atoms with Crippen LogP contribution in [0, 0.1) is 46.3 Å². The maximum Gasteiger partial charge on any atom is 0.303 e. The maximum absolute atomic E-state index is 12.2. The van der Waals surface area contributed by atoms with Crippen molar-refractivity contribution >= 4 is 23.9 Å². The van der Waals surface area contributed by atoms with E-state index in [9.17, 15) is 19.2 Å². The van der Waals surface area contributed by atoms with Gasteiger partial charge in [0, 0.05) is 27.7 Å². The highest BCUT2D eigenvalue weighted by Gasteiger charge is 2.59. The average Bonchev–Trinajstić information content (AvgIpc) is 3.78. The molecular formula is C46H71N3O11. The zero-order valence-corrected chi connectivity index (χ0v) is 37.5. The fourth-order valence-corrected chi connectivity index (χ4v) is 12.1. The third-order valence-corrected chi connectivity index (χ3v) is 14.9. The molecule has 14 nitrogen and oxygen atoms in total. The van der Waals surface area contributed by atoms with Crippen molar-refractivity contribution in [3.05, 3.63) is 23.5 Å². The molecule has 0 amide bonds. The van der Waals surface area contributed by atoms with Crippen LogP contribution < -0.4 is 0 Å². The summed E-state index contributed by atoms with van der Waals surface area (Å²) in [7, 11) is 0. The lowest BCUT2D eigenvalue weighted by atomic mass is 9.47. The fraction of sp³-hybridized carbons (Fsp3) is 0.826. The summed E-state index contributed by atoms with van der Waals surface area (Å²) in [5.41, 5.74) is 2.84. The molecule has 13 atom stereocenters. The second-order valence-electron chi connectivity index (χ2n) is 19.4. The number of allylic oxidation sites excluding steroid dienone is 1. The second kappa shape index (κ2) is 19.8. The number of esters is 4. The third-order valence-electron chi connectivity index (χ3n) is 14.9. The van der Waals surface area contributed by atoms with E-state index in [1.807, 2.05) is 0 Å². The Morgan fingerprint density at radius 1 is 0.850 bits per heavy atom. The Labute approximate surface area is 356 Å². The van der Waals surface area contributed by atoms with Gasteiger partial charge in [0.25, 0.3) is 0 Å². The molecule has 1 saturated heterocycles. The van der Waals surface area contributed by atoms with E-state index in [0.29, 0.717) is 24.3 Å². The van der Waals surface area contributed by atoms with E-state index in [1.165, 1.54) is 85.5 Å². The molecule has 0 radical (unpaired) electrons. The van der Waals surface area contributed by atoms with Crippen molar-refractivity contribution in [2.75, 3.05) is 13.2 Å². The van der Waals surface area contributed by atoms with Crippen LogP contribution in [0.3, 0.4) is 0 Å². The molecule has 1 aliphatic heterocycles. The van der Waals surface area contributed by atoms with Gasteiger partial charge in [-0.15, -0.1) is 5.10 Å². The largest absolute Gasteiger partial charge is 0.463 e. The van der Waals surface area contributed by atoms with E-state index in [1.54, 1.807) is 16.5 Å². The van der Waals surface area contributed by atoms with Crippen molar-refractivity contribution in [2.24, 2.45) is 46.3 Å². The quantitative estimate of drug-likeness (QED) is 0.0873. The molecule has 1 aromatic heterocycles. The Morgan fingerprint density at radius 2 is 1.57 bits per heavy atom. The first kappa shape index (κ1) is 46.2. The summed E-state index contributed by atoms with van der Waals surface area (Å²) < 4.78 is 41.8. The number of carbonyl (C=O) groups is 4. The maximum atomic E-state index is 12.2. The smallest absolute Gasteiger partial charge is 0.303 e. The van der Waals surface area contributed by atoms with Gasteiger partial charge in [0.1, 0.15) is 18.4 Å². The monoisotopic (exact) mass is 842 g/mol. The lowest BCUT2D eigenvalue weighted by molar-refractivity contribution is -0.310. The molecule has 0 N–H and O–H groups in total. The predicted octanol–water partition coefficient (Wildman–Crippen LogP) is 7.30. The molecule has 336 valence electrons. The van der Waals surface area contributed by atoms with Crippen LogP contribution in [-0.4, -0.2) is 88.9 Å². The molecule has 60 heavy (non-hydrogen) atoms. The van der Waals surface area contributed by atoms with Crippen LogP contribution in [0.5, 0.6) is 0 Å². The highest BCUT2D eigenvalue weighted by molar-refractivity contribution is 5.68. The van der Waals surface area contributed by atoms with Gasteiger partial charge in [-0.1, -0.05) is 70.7 Å². The minimum absolute atomic E-state index is 0.107. The summed E-state index contributed by atoms with van der Waals surface area (Å²) in [4.78, 5) is 48.0. The molecule has 0 aromatic carbocycles. The van der Waals surface area contributed by atoms with Crippen molar-refractivity contribution in [1.82, 2.24) is 15.0 Å². The lowest BCUT2D eigenvalue weighted by Crippen LogP contribution is -2.62. The van der Waals surface area contributed by atoms with E-state index < -0.39 is 54.6 Å². The third kappa shape index (κ3) is 10.6. The first-order chi connectivity index (χ1) is 28.5. The van der Waals surface area contributed by atoms with Crippen LogP contribution in [0.2, 0.25) is 0 Å². The number of carbonyl (C=O) groups excluding carboxylic acids is 4. The lowest BCUT2D eigenvalue weighted by Gasteiger charge is -2.58. The minimum atomic E-state index is -1.32. The number of ether oxygens (including phenoxy) is 7. The Hall–Kier alpha value is -3.36. The van der Waals surface area contributed by atoms with Gasteiger partial charge in [0.15, 0.2) is 24.6 Å². The van der Waals surface area contributed by atoms with Gasteiger partial charge in [-0.2, -0.15) is 0 Å². The summed E-state index contributed by atoms with van der Waals surface area (Å²) >= 11 is 0. The number of aromatic nitrogens is 3. The summed E-state index contributed by atoms with van der Waals surface area (Å²) in [6, 6.07) is 0. The van der Waals surface area contributed by atoms with Crippen LogP contribution in [0.1, 0.15) is 139 Å². The van der Waals surface area contributed by atoms with Gasteiger partial charge in [0.05, 0.1) is 32.1 Å². The normalized spacial score (nSPS) is 35.3. The molecular weight excluding hydrogens is 771 g/mol. The van der Waals surface area contributed by atoms with Crippen molar-refractivity contribution in [3.8, 4) is 0 Å². The fourth-order valence-electron chi connectivity index (χ4n) is 12.1. The van der Waals surface area contributed by atoms with Gasteiger partial charge < -0.3 is 33.2 Å². The molecule has 5 aliphatic rings. The van der Waals surface area contributed by atoms with Gasteiger partial charge in [-0.05, 0) is 97.7 Å². The minimum Gasteiger partial charge on any atom is -0.463 e. The zero-order chi connectivity index (χ0) is 43.4.